The number of imidazole rings is 1. The number of ether oxygens (including phenoxy) is 1. The average Bonchev–Trinajstić information content (AvgIpc) is 3.06. The highest BCUT2D eigenvalue weighted by Gasteiger charge is 2.16. The highest BCUT2D eigenvalue weighted by molar-refractivity contribution is 7.99. The molecule has 8 heteroatoms. The summed E-state index contributed by atoms with van der Waals surface area (Å²) in [4.78, 5) is 27.8. The van der Waals surface area contributed by atoms with Crippen LogP contribution >= 0.6 is 23.1 Å². The van der Waals surface area contributed by atoms with Crippen molar-refractivity contribution in [2.45, 2.75) is 12.1 Å². The summed E-state index contributed by atoms with van der Waals surface area (Å²) in [5.41, 5.74) is 0.386. The van der Waals surface area contributed by atoms with Gasteiger partial charge in [0.2, 0.25) is 5.91 Å². The lowest BCUT2D eigenvalue weighted by Crippen LogP contribution is -2.16. The van der Waals surface area contributed by atoms with Crippen LogP contribution in [0.1, 0.15) is 17.3 Å². The van der Waals surface area contributed by atoms with E-state index in [9.17, 15) is 9.59 Å². The zero-order valence-corrected chi connectivity index (χ0v) is 13.3. The standard InChI is InChI=1S/C13H15N3O3S2/c1-3-19-12(18)9-4-7-20-11(9)15-10(17)8-21-13-14-5-6-16(13)2/h4-7H,3,8H2,1-2H3,(H,15,17). The topological polar surface area (TPSA) is 73.2 Å². The molecule has 2 heterocycles. The Morgan fingerprint density at radius 1 is 1.52 bits per heavy atom. The predicted octanol–water partition coefficient (Wildman–Crippen LogP) is 2.39. The van der Waals surface area contributed by atoms with Crippen LogP contribution in [0.5, 0.6) is 0 Å². The molecule has 21 heavy (non-hydrogen) atoms. The van der Waals surface area contributed by atoms with Gasteiger partial charge in [0.25, 0.3) is 0 Å². The minimum atomic E-state index is -0.425. The van der Waals surface area contributed by atoms with Gasteiger partial charge in [-0.25, -0.2) is 9.78 Å². The summed E-state index contributed by atoms with van der Waals surface area (Å²) in [6.45, 7) is 2.04. The fraction of sp³-hybridized carbons (Fsp3) is 0.308. The zero-order valence-electron chi connectivity index (χ0n) is 11.7. The van der Waals surface area contributed by atoms with Crippen LogP contribution < -0.4 is 5.32 Å². The van der Waals surface area contributed by atoms with Crippen LogP contribution in [0.3, 0.4) is 0 Å². The molecule has 6 nitrogen and oxygen atoms in total. The number of thiophene rings is 1. The largest absolute Gasteiger partial charge is 0.462 e. The number of carbonyl (C=O) groups is 2. The highest BCUT2D eigenvalue weighted by Crippen LogP contribution is 2.24. The third kappa shape index (κ3) is 4.08. The van der Waals surface area contributed by atoms with Gasteiger partial charge in [0.15, 0.2) is 5.16 Å². The molecule has 0 aromatic carbocycles. The van der Waals surface area contributed by atoms with Gasteiger partial charge in [-0.3, -0.25) is 4.79 Å². The molecule has 0 aliphatic heterocycles. The van der Waals surface area contributed by atoms with Crippen LogP contribution in [0.25, 0.3) is 0 Å². The van der Waals surface area contributed by atoms with Gasteiger partial charge in [0.1, 0.15) is 5.00 Å². The van der Waals surface area contributed by atoms with Gasteiger partial charge in [-0.05, 0) is 18.4 Å². The van der Waals surface area contributed by atoms with Gasteiger partial charge in [-0.1, -0.05) is 11.8 Å². The summed E-state index contributed by atoms with van der Waals surface area (Å²) in [5, 5.41) is 5.75. The van der Waals surface area contributed by atoms with Crippen LogP contribution in [0.15, 0.2) is 29.0 Å². The van der Waals surface area contributed by atoms with Gasteiger partial charge in [0.05, 0.1) is 17.9 Å². The molecule has 0 unspecified atom stereocenters. The first-order chi connectivity index (χ1) is 10.1. The van der Waals surface area contributed by atoms with Crippen molar-refractivity contribution in [2.24, 2.45) is 7.05 Å². The molecule has 2 aromatic heterocycles. The second kappa shape index (κ2) is 7.28. The minimum absolute atomic E-state index is 0.184. The SMILES string of the molecule is CCOC(=O)c1ccsc1NC(=O)CSc1nccn1C. The number of hydrogen-bond acceptors (Lipinski definition) is 6. The lowest BCUT2D eigenvalue weighted by molar-refractivity contribution is -0.113. The van der Waals surface area contributed by atoms with E-state index in [-0.39, 0.29) is 11.7 Å². The Labute approximate surface area is 130 Å². The van der Waals surface area contributed by atoms with Crippen LogP contribution in [0.2, 0.25) is 0 Å². The lowest BCUT2D eigenvalue weighted by atomic mass is 10.3. The summed E-state index contributed by atoms with van der Waals surface area (Å²) in [6.07, 6.45) is 3.50. The van der Waals surface area contributed by atoms with E-state index in [1.807, 2.05) is 17.8 Å². The van der Waals surface area contributed by atoms with Crippen LogP contribution in [0.4, 0.5) is 5.00 Å². The van der Waals surface area contributed by atoms with Crippen molar-refractivity contribution in [1.82, 2.24) is 9.55 Å². The number of thioether (sulfide) groups is 1. The van der Waals surface area contributed by atoms with E-state index in [2.05, 4.69) is 10.3 Å². The minimum Gasteiger partial charge on any atom is -0.462 e. The monoisotopic (exact) mass is 325 g/mol. The molecule has 2 rings (SSSR count). The normalized spacial score (nSPS) is 10.4. The maximum atomic E-state index is 11.9. The Hall–Kier alpha value is -1.80. The van der Waals surface area contributed by atoms with E-state index < -0.39 is 5.97 Å². The molecule has 0 fully saturated rings. The van der Waals surface area contributed by atoms with Gasteiger partial charge < -0.3 is 14.6 Å². The fourth-order valence-corrected chi connectivity index (χ4v) is 3.08. The maximum absolute atomic E-state index is 11.9. The van der Waals surface area contributed by atoms with Crippen molar-refractivity contribution in [3.8, 4) is 0 Å². The number of aryl methyl sites for hydroxylation is 1. The molecule has 0 radical (unpaired) electrons. The number of amides is 1. The molecule has 2 aromatic rings. The van der Waals surface area contributed by atoms with Crippen LogP contribution in [-0.2, 0) is 16.6 Å². The Bertz CT molecular complexity index is 636. The van der Waals surface area contributed by atoms with Crippen LogP contribution in [0, 0.1) is 0 Å². The molecule has 0 atom stereocenters. The number of esters is 1. The van der Waals surface area contributed by atoms with Crippen molar-refractivity contribution in [2.75, 3.05) is 17.7 Å². The summed E-state index contributed by atoms with van der Waals surface area (Å²) < 4.78 is 6.78. The van der Waals surface area contributed by atoms with E-state index in [0.29, 0.717) is 17.2 Å². The first-order valence-electron chi connectivity index (χ1n) is 6.26. The van der Waals surface area contributed by atoms with Gasteiger partial charge in [0, 0.05) is 19.4 Å². The predicted molar refractivity (Wildman–Crippen MR) is 82.8 cm³/mol. The smallest absolute Gasteiger partial charge is 0.341 e. The fourth-order valence-electron chi connectivity index (χ4n) is 1.56. The number of anilines is 1. The van der Waals surface area contributed by atoms with E-state index in [4.69, 9.17) is 4.74 Å². The maximum Gasteiger partial charge on any atom is 0.341 e. The number of nitrogens with zero attached hydrogens (tertiary/aromatic N) is 2. The van der Waals surface area contributed by atoms with Gasteiger partial charge in [-0.2, -0.15) is 0 Å². The second-order valence-corrected chi connectivity index (χ2v) is 5.90. The average molecular weight is 325 g/mol. The second-order valence-electron chi connectivity index (χ2n) is 4.04. The third-order valence-corrected chi connectivity index (χ3v) is 4.41. The Kier molecular flexibility index (Phi) is 5.40. The zero-order chi connectivity index (χ0) is 15.2. The number of rotatable bonds is 6. The number of hydrogen-bond donors (Lipinski definition) is 1. The molecule has 0 bridgehead atoms. The molecule has 0 aliphatic carbocycles. The van der Waals surface area contributed by atoms with Crippen molar-refractivity contribution in [3.63, 3.8) is 0 Å². The van der Waals surface area contributed by atoms with Crippen molar-refractivity contribution in [1.29, 1.82) is 0 Å². The molecule has 0 spiro atoms. The summed E-state index contributed by atoms with van der Waals surface area (Å²) in [6, 6.07) is 1.64. The van der Waals surface area contributed by atoms with Crippen molar-refractivity contribution >= 4 is 40.0 Å². The van der Waals surface area contributed by atoms with Gasteiger partial charge >= 0.3 is 5.97 Å². The molecule has 1 N–H and O–H groups in total. The molecular formula is C13H15N3O3S2. The van der Waals surface area contributed by atoms with Crippen LogP contribution in [-0.4, -0.2) is 33.8 Å². The first-order valence-corrected chi connectivity index (χ1v) is 8.13. The molecule has 0 aliphatic rings. The molecule has 1 amide bonds. The Balaban J connectivity index is 1.93. The quantitative estimate of drug-likeness (QED) is 0.652. The van der Waals surface area contributed by atoms with Crippen molar-refractivity contribution < 1.29 is 14.3 Å². The molecule has 0 saturated heterocycles. The summed E-state index contributed by atoms with van der Waals surface area (Å²) >= 11 is 2.63. The highest BCUT2D eigenvalue weighted by atomic mass is 32.2. The first kappa shape index (κ1) is 15.6. The Morgan fingerprint density at radius 3 is 3.00 bits per heavy atom. The van der Waals surface area contributed by atoms with Gasteiger partial charge in [-0.15, -0.1) is 11.3 Å². The van der Waals surface area contributed by atoms with E-state index in [0.717, 1.165) is 5.16 Å². The van der Waals surface area contributed by atoms with E-state index in [1.54, 1.807) is 24.6 Å². The van der Waals surface area contributed by atoms with E-state index >= 15 is 0 Å². The number of aromatic nitrogens is 2. The van der Waals surface area contributed by atoms with E-state index in [1.165, 1.54) is 23.1 Å². The third-order valence-electron chi connectivity index (χ3n) is 2.52. The number of carbonyl (C=O) groups excluding carboxylic acids is 2. The van der Waals surface area contributed by atoms with Crippen molar-refractivity contribution in [3.05, 3.63) is 29.4 Å². The Morgan fingerprint density at radius 2 is 2.33 bits per heavy atom. The number of nitrogens with one attached hydrogen (secondary N) is 1. The molecular weight excluding hydrogens is 310 g/mol. The summed E-state index contributed by atoms with van der Waals surface area (Å²) in [5.74, 6) is -0.382. The summed E-state index contributed by atoms with van der Waals surface area (Å²) in [7, 11) is 1.87. The lowest BCUT2D eigenvalue weighted by Gasteiger charge is -2.06. The molecule has 0 saturated carbocycles. The molecule has 112 valence electrons.